The Hall–Kier alpha value is -1.37. The molecule has 0 aliphatic carbocycles. The Kier molecular flexibility index (Phi) is 4.13. The minimum absolute atomic E-state index is 0.0345. The molecule has 1 heterocycles. The van der Waals surface area contributed by atoms with Crippen LogP contribution in [0, 0.1) is 11.3 Å². The molecular formula is C14H18N2O. The van der Waals surface area contributed by atoms with E-state index in [1.165, 1.54) is 5.56 Å². The molecule has 90 valence electrons. The van der Waals surface area contributed by atoms with Crippen molar-refractivity contribution >= 4 is 0 Å². The molecule has 3 nitrogen and oxygen atoms in total. The smallest absolute Gasteiger partial charge is 0.101 e. The van der Waals surface area contributed by atoms with E-state index in [2.05, 4.69) is 30.0 Å². The van der Waals surface area contributed by atoms with Gasteiger partial charge in [-0.3, -0.25) is 4.90 Å². The lowest BCUT2D eigenvalue weighted by atomic mass is 10.0. The summed E-state index contributed by atoms with van der Waals surface area (Å²) < 4.78 is 5.53. The van der Waals surface area contributed by atoms with E-state index in [1.54, 1.807) is 0 Å². The first kappa shape index (κ1) is 12.1. The average Bonchev–Trinajstić information content (AvgIpc) is 2.86. The predicted molar refractivity (Wildman–Crippen MR) is 66.2 cm³/mol. The molecule has 0 bridgehead atoms. The van der Waals surface area contributed by atoms with Crippen molar-refractivity contribution in [2.45, 2.75) is 31.8 Å². The number of rotatable bonds is 4. The van der Waals surface area contributed by atoms with Crippen molar-refractivity contribution in [3.8, 4) is 6.07 Å². The summed E-state index contributed by atoms with van der Waals surface area (Å²) in [5, 5.41) is 9.24. The van der Waals surface area contributed by atoms with Crippen molar-refractivity contribution in [1.82, 2.24) is 4.90 Å². The third-order valence-corrected chi connectivity index (χ3v) is 3.21. The van der Waals surface area contributed by atoms with Crippen molar-refractivity contribution in [1.29, 1.82) is 5.26 Å². The van der Waals surface area contributed by atoms with Gasteiger partial charge in [-0.25, -0.2) is 0 Å². The van der Waals surface area contributed by atoms with Gasteiger partial charge in [-0.2, -0.15) is 5.26 Å². The number of benzene rings is 1. The van der Waals surface area contributed by atoms with E-state index < -0.39 is 0 Å². The first-order valence-electron chi connectivity index (χ1n) is 6.15. The number of nitrogens with zero attached hydrogens (tertiary/aromatic N) is 2. The zero-order valence-electron chi connectivity index (χ0n) is 10.2. The van der Waals surface area contributed by atoms with Crippen LogP contribution in [0.15, 0.2) is 30.3 Å². The number of ether oxygens (including phenoxy) is 1. The molecule has 1 fully saturated rings. The topological polar surface area (TPSA) is 36.3 Å². The molecule has 1 aromatic rings. The SMILES string of the molecule is CCCC(C#N)N1COCC1c1ccccc1. The normalized spacial score (nSPS) is 22.2. The maximum absolute atomic E-state index is 9.24. The summed E-state index contributed by atoms with van der Waals surface area (Å²) in [6.07, 6.45) is 1.93. The van der Waals surface area contributed by atoms with Gasteiger partial charge in [0.1, 0.15) is 12.8 Å². The van der Waals surface area contributed by atoms with Gasteiger partial charge in [0.2, 0.25) is 0 Å². The van der Waals surface area contributed by atoms with Gasteiger partial charge in [-0.05, 0) is 12.0 Å². The Labute approximate surface area is 103 Å². The highest BCUT2D eigenvalue weighted by Crippen LogP contribution is 2.29. The van der Waals surface area contributed by atoms with Crippen LogP contribution in [0.25, 0.3) is 0 Å². The van der Waals surface area contributed by atoms with E-state index >= 15 is 0 Å². The first-order chi connectivity index (χ1) is 8.36. The van der Waals surface area contributed by atoms with Crippen molar-refractivity contribution in [3.05, 3.63) is 35.9 Å². The van der Waals surface area contributed by atoms with Crippen molar-refractivity contribution in [2.75, 3.05) is 13.3 Å². The van der Waals surface area contributed by atoms with Crippen LogP contribution < -0.4 is 0 Å². The Morgan fingerprint density at radius 3 is 2.88 bits per heavy atom. The van der Waals surface area contributed by atoms with E-state index in [-0.39, 0.29) is 12.1 Å². The van der Waals surface area contributed by atoms with Crippen LogP contribution >= 0.6 is 0 Å². The van der Waals surface area contributed by atoms with Crippen LogP contribution in [0.5, 0.6) is 0 Å². The van der Waals surface area contributed by atoms with Gasteiger partial charge in [0.15, 0.2) is 0 Å². The lowest BCUT2D eigenvalue weighted by Gasteiger charge is -2.26. The summed E-state index contributed by atoms with van der Waals surface area (Å²) in [6, 6.07) is 12.9. The van der Waals surface area contributed by atoms with Gasteiger partial charge in [-0.15, -0.1) is 0 Å². The Bertz CT molecular complexity index is 385. The molecule has 2 unspecified atom stereocenters. The molecule has 2 rings (SSSR count). The van der Waals surface area contributed by atoms with Crippen LogP contribution in [-0.4, -0.2) is 24.3 Å². The molecular weight excluding hydrogens is 212 g/mol. The Morgan fingerprint density at radius 1 is 1.47 bits per heavy atom. The molecule has 1 aliphatic heterocycles. The summed E-state index contributed by atoms with van der Waals surface area (Å²) >= 11 is 0. The van der Waals surface area contributed by atoms with Crippen LogP contribution in [0.2, 0.25) is 0 Å². The van der Waals surface area contributed by atoms with Gasteiger partial charge >= 0.3 is 0 Å². The molecule has 0 N–H and O–H groups in total. The highest BCUT2D eigenvalue weighted by atomic mass is 16.5. The first-order valence-corrected chi connectivity index (χ1v) is 6.15. The summed E-state index contributed by atoms with van der Waals surface area (Å²) in [4.78, 5) is 2.17. The third-order valence-electron chi connectivity index (χ3n) is 3.21. The van der Waals surface area contributed by atoms with E-state index in [1.807, 2.05) is 18.2 Å². The highest BCUT2D eigenvalue weighted by Gasteiger charge is 2.31. The fraction of sp³-hybridized carbons (Fsp3) is 0.500. The molecule has 0 spiro atoms. The second-order valence-electron chi connectivity index (χ2n) is 4.37. The van der Waals surface area contributed by atoms with Gasteiger partial charge in [0.05, 0.1) is 18.7 Å². The maximum Gasteiger partial charge on any atom is 0.101 e. The van der Waals surface area contributed by atoms with E-state index in [9.17, 15) is 5.26 Å². The summed E-state index contributed by atoms with van der Waals surface area (Å²) in [5.74, 6) is 0. The minimum atomic E-state index is -0.0345. The molecule has 1 saturated heterocycles. The zero-order chi connectivity index (χ0) is 12.1. The van der Waals surface area contributed by atoms with Crippen LogP contribution in [-0.2, 0) is 4.74 Å². The third kappa shape index (κ3) is 2.66. The lowest BCUT2D eigenvalue weighted by molar-refractivity contribution is 0.120. The zero-order valence-corrected chi connectivity index (χ0v) is 10.2. The Balaban J connectivity index is 2.15. The monoisotopic (exact) mass is 230 g/mol. The molecule has 2 atom stereocenters. The average molecular weight is 230 g/mol. The maximum atomic E-state index is 9.24. The van der Waals surface area contributed by atoms with Crippen LogP contribution in [0.4, 0.5) is 0 Å². The number of nitriles is 1. The summed E-state index contributed by atoms with van der Waals surface area (Å²) in [7, 11) is 0. The molecule has 3 heteroatoms. The lowest BCUT2D eigenvalue weighted by Crippen LogP contribution is -2.34. The van der Waals surface area contributed by atoms with E-state index in [4.69, 9.17) is 4.74 Å². The highest BCUT2D eigenvalue weighted by molar-refractivity contribution is 5.20. The van der Waals surface area contributed by atoms with Crippen molar-refractivity contribution in [3.63, 3.8) is 0 Å². The molecule has 0 amide bonds. The molecule has 17 heavy (non-hydrogen) atoms. The van der Waals surface area contributed by atoms with Crippen molar-refractivity contribution in [2.24, 2.45) is 0 Å². The molecule has 0 radical (unpaired) electrons. The standard InChI is InChI=1S/C14H18N2O/c1-2-6-13(9-15)16-11-17-10-14(16)12-7-4-3-5-8-12/h3-5,7-8,13-14H,2,6,10-11H2,1H3. The van der Waals surface area contributed by atoms with Crippen LogP contribution in [0.3, 0.4) is 0 Å². The minimum Gasteiger partial charge on any atom is -0.364 e. The second-order valence-corrected chi connectivity index (χ2v) is 4.37. The van der Waals surface area contributed by atoms with Gasteiger partial charge < -0.3 is 4.74 Å². The fourth-order valence-corrected chi connectivity index (χ4v) is 2.30. The number of hydrogen-bond donors (Lipinski definition) is 0. The molecule has 1 aromatic carbocycles. The van der Waals surface area contributed by atoms with Gasteiger partial charge in [0.25, 0.3) is 0 Å². The second kappa shape index (κ2) is 5.81. The van der Waals surface area contributed by atoms with Gasteiger partial charge in [0, 0.05) is 0 Å². The Morgan fingerprint density at radius 2 is 2.24 bits per heavy atom. The molecule has 0 aromatic heterocycles. The van der Waals surface area contributed by atoms with Crippen LogP contribution in [0.1, 0.15) is 31.4 Å². The van der Waals surface area contributed by atoms with E-state index in [0.717, 1.165) is 12.8 Å². The molecule has 1 aliphatic rings. The molecule has 0 saturated carbocycles. The predicted octanol–water partition coefficient (Wildman–Crippen LogP) is 2.71. The largest absolute Gasteiger partial charge is 0.364 e. The quantitative estimate of drug-likeness (QED) is 0.798. The van der Waals surface area contributed by atoms with Gasteiger partial charge in [-0.1, -0.05) is 43.7 Å². The summed E-state index contributed by atoms with van der Waals surface area (Å²) in [5.41, 5.74) is 1.24. The number of hydrogen-bond acceptors (Lipinski definition) is 3. The summed E-state index contributed by atoms with van der Waals surface area (Å²) in [6.45, 7) is 3.36. The fourth-order valence-electron chi connectivity index (χ4n) is 2.30. The van der Waals surface area contributed by atoms with Crippen molar-refractivity contribution < 1.29 is 4.74 Å². The van der Waals surface area contributed by atoms with E-state index in [0.29, 0.717) is 13.3 Å².